The Morgan fingerprint density at radius 1 is 1.15 bits per heavy atom. The number of benzene rings is 2. The number of rotatable bonds is 7. The summed E-state index contributed by atoms with van der Waals surface area (Å²) in [5.41, 5.74) is 0.615. The number of fused-ring (bicyclic) bond motifs is 3. The van der Waals surface area contributed by atoms with Crippen molar-refractivity contribution in [1.29, 1.82) is 0 Å². The first-order chi connectivity index (χ1) is 16.0. The van der Waals surface area contributed by atoms with Gasteiger partial charge in [0, 0.05) is 27.8 Å². The number of aromatic nitrogens is 2. The van der Waals surface area contributed by atoms with Crippen molar-refractivity contribution in [3.8, 4) is 0 Å². The lowest BCUT2D eigenvalue weighted by molar-refractivity contribution is -0.384. The summed E-state index contributed by atoms with van der Waals surface area (Å²) in [6, 6.07) is 16.9. The van der Waals surface area contributed by atoms with Crippen molar-refractivity contribution in [2.45, 2.75) is 11.7 Å². The molecule has 0 amide bonds. The molecule has 0 atom stereocenters. The van der Waals surface area contributed by atoms with Crippen LogP contribution in [0.3, 0.4) is 0 Å². The maximum Gasteiger partial charge on any atom is 0.272 e. The Morgan fingerprint density at radius 3 is 2.70 bits per heavy atom. The van der Waals surface area contributed by atoms with Crippen molar-refractivity contribution >= 4 is 54.9 Å². The molecule has 0 radical (unpaired) electrons. The number of hydrogen-bond acceptors (Lipinski definition) is 8. The minimum Gasteiger partial charge on any atom is -0.467 e. The molecule has 0 fully saturated rings. The first-order valence-electron chi connectivity index (χ1n) is 9.86. The van der Waals surface area contributed by atoms with E-state index in [1.165, 1.54) is 34.3 Å². The average Bonchev–Trinajstić information content (AvgIpc) is 3.47. The van der Waals surface area contributed by atoms with Crippen LogP contribution in [-0.4, -0.2) is 26.0 Å². The van der Waals surface area contributed by atoms with E-state index in [0.717, 1.165) is 16.5 Å². The molecule has 0 aliphatic heterocycles. The first-order valence-corrected chi connectivity index (χ1v) is 11.7. The van der Waals surface area contributed by atoms with Crippen LogP contribution in [0.25, 0.3) is 20.3 Å². The van der Waals surface area contributed by atoms with E-state index in [1.54, 1.807) is 42.5 Å². The molecule has 8 nitrogen and oxygen atoms in total. The molecule has 0 N–H and O–H groups in total. The van der Waals surface area contributed by atoms with Crippen molar-refractivity contribution in [2.75, 3.05) is 5.75 Å². The molecule has 0 saturated heterocycles. The highest BCUT2D eigenvalue weighted by atomic mass is 32.2. The van der Waals surface area contributed by atoms with Gasteiger partial charge in [-0.05, 0) is 18.2 Å². The third-order valence-corrected chi connectivity index (χ3v) is 7.18. The minimum atomic E-state index is -0.477. The summed E-state index contributed by atoms with van der Waals surface area (Å²) in [5, 5.41) is 12.1. The number of furan rings is 1. The largest absolute Gasteiger partial charge is 0.467 e. The van der Waals surface area contributed by atoms with Gasteiger partial charge in [0.1, 0.15) is 10.5 Å². The molecule has 0 bridgehead atoms. The molecule has 3 aromatic heterocycles. The van der Waals surface area contributed by atoms with Crippen LogP contribution >= 0.6 is 23.1 Å². The van der Waals surface area contributed by atoms with E-state index in [9.17, 15) is 19.7 Å². The summed E-state index contributed by atoms with van der Waals surface area (Å²) in [4.78, 5) is 41.6. The zero-order valence-electron chi connectivity index (χ0n) is 17.0. The highest BCUT2D eigenvalue weighted by Crippen LogP contribution is 2.34. The number of hydrogen-bond donors (Lipinski definition) is 0. The Kier molecular flexibility index (Phi) is 5.53. The highest BCUT2D eigenvalue weighted by Gasteiger charge is 2.20. The number of Topliss-reactive ketones (excluding diaryl/α,β-unsaturated/α-hetero) is 1. The molecule has 0 aliphatic rings. The lowest BCUT2D eigenvalue weighted by atomic mass is 10.2. The second-order valence-electron chi connectivity index (χ2n) is 7.16. The molecule has 0 saturated carbocycles. The van der Waals surface area contributed by atoms with E-state index in [1.807, 2.05) is 6.07 Å². The summed E-state index contributed by atoms with van der Waals surface area (Å²) in [5.74, 6) is 0.569. The van der Waals surface area contributed by atoms with Gasteiger partial charge in [-0.1, -0.05) is 42.1 Å². The molecule has 5 rings (SSSR count). The number of non-ortho nitro benzene ring substituents is 1. The molecule has 0 unspecified atom stereocenters. The van der Waals surface area contributed by atoms with Gasteiger partial charge in [-0.15, -0.1) is 11.3 Å². The van der Waals surface area contributed by atoms with Gasteiger partial charge >= 0.3 is 0 Å². The number of nitro benzene ring substituents is 1. The minimum absolute atomic E-state index is 0.0720. The van der Waals surface area contributed by atoms with E-state index in [-0.39, 0.29) is 29.3 Å². The quantitative estimate of drug-likeness (QED) is 0.105. The molecule has 33 heavy (non-hydrogen) atoms. The van der Waals surface area contributed by atoms with E-state index >= 15 is 0 Å². The van der Waals surface area contributed by atoms with E-state index in [2.05, 4.69) is 0 Å². The molecule has 10 heteroatoms. The van der Waals surface area contributed by atoms with Crippen LogP contribution in [0.15, 0.2) is 81.3 Å². The van der Waals surface area contributed by atoms with Gasteiger partial charge < -0.3 is 4.42 Å². The fraction of sp³-hybridized carbons (Fsp3) is 0.0870. The van der Waals surface area contributed by atoms with Crippen molar-refractivity contribution in [3.05, 3.63) is 98.7 Å². The van der Waals surface area contributed by atoms with Crippen LogP contribution in [-0.2, 0) is 6.54 Å². The SMILES string of the molecule is O=C(CSc1nc2c(sc3ccc([N+](=O)[O-])cc32)c(=O)n1Cc1ccco1)c1ccccc1. The monoisotopic (exact) mass is 477 g/mol. The van der Waals surface area contributed by atoms with Crippen LogP contribution in [0, 0.1) is 10.1 Å². The topological polar surface area (TPSA) is 108 Å². The standard InChI is InChI=1S/C23H15N3O5S2/c27-18(14-5-2-1-3-6-14)13-32-23-24-20-17-11-15(26(29)30)8-9-19(17)33-21(20)22(28)25(23)12-16-7-4-10-31-16/h1-11H,12-13H2. The smallest absolute Gasteiger partial charge is 0.272 e. The summed E-state index contributed by atoms with van der Waals surface area (Å²) in [6.45, 7) is 0.158. The Labute approximate surface area is 194 Å². The molecule has 0 spiro atoms. The highest BCUT2D eigenvalue weighted by molar-refractivity contribution is 7.99. The maximum atomic E-state index is 13.4. The van der Waals surface area contributed by atoms with Gasteiger partial charge in [0.2, 0.25) is 0 Å². The Balaban J connectivity index is 1.62. The van der Waals surface area contributed by atoms with Crippen molar-refractivity contribution in [2.24, 2.45) is 0 Å². The number of nitrogens with zero attached hydrogens (tertiary/aromatic N) is 3. The van der Waals surface area contributed by atoms with Crippen LogP contribution < -0.4 is 5.56 Å². The van der Waals surface area contributed by atoms with Crippen molar-refractivity contribution in [1.82, 2.24) is 9.55 Å². The average molecular weight is 478 g/mol. The third-order valence-electron chi connectivity index (χ3n) is 5.06. The van der Waals surface area contributed by atoms with Gasteiger partial charge in [0.05, 0.1) is 29.0 Å². The van der Waals surface area contributed by atoms with Crippen LogP contribution in [0.5, 0.6) is 0 Å². The summed E-state index contributed by atoms with van der Waals surface area (Å²) in [6.07, 6.45) is 1.52. The predicted octanol–water partition coefficient (Wildman–Crippen LogP) is 5.14. The normalized spacial score (nSPS) is 11.3. The van der Waals surface area contributed by atoms with Crippen LogP contribution in [0.4, 0.5) is 5.69 Å². The lowest BCUT2D eigenvalue weighted by Crippen LogP contribution is -2.23. The maximum absolute atomic E-state index is 13.4. The zero-order chi connectivity index (χ0) is 22.9. The van der Waals surface area contributed by atoms with E-state index in [0.29, 0.717) is 32.1 Å². The fourth-order valence-electron chi connectivity index (χ4n) is 3.45. The van der Waals surface area contributed by atoms with Gasteiger partial charge in [0.25, 0.3) is 11.2 Å². The van der Waals surface area contributed by atoms with Gasteiger partial charge in [-0.25, -0.2) is 4.98 Å². The molecule has 3 heterocycles. The molecular formula is C23H15N3O5S2. The zero-order valence-corrected chi connectivity index (χ0v) is 18.6. The molecule has 2 aromatic carbocycles. The third kappa shape index (κ3) is 4.06. The first kappa shape index (κ1) is 21.1. The van der Waals surface area contributed by atoms with Gasteiger partial charge in [-0.3, -0.25) is 24.3 Å². The number of nitro groups is 1. The fourth-order valence-corrected chi connectivity index (χ4v) is 5.41. The van der Waals surface area contributed by atoms with Crippen molar-refractivity contribution in [3.63, 3.8) is 0 Å². The number of thiophene rings is 1. The summed E-state index contributed by atoms with van der Waals surface area (Å²) in [7, 11) is 0. The summed E-state index contributed by atoms with van der Waals surface area (Å²) >= 11 is 2.39. The van der Waals surface area contributed by atoms with Crippen LogP contribution in [0.2, 0.25) is 0 Å². The number of thioether (sulfide) groups is 1. The Hall–Kier alpha value is -3.76. The van der Waals surface area contributed by atoms with Gasteiger partial charge in [0.15, 0.2) is 10.9 Å². The van der Waals surface area contributed by atoms with E-state index in [4.69, 9.17) is 9.40 Å². The summed E-state index contributed by atoms with van der Waals surface area (Å²) < 4.78 is 8.03. The van der Waals surface area contributed by atoms with Crippen molar-refractivity contribution < 1.29 is 14.1 Å². The lowest BCUT2D eigenvalue weighted by Gasteiger charge is -2.10. The number of carbonyl (C=O) groups is 1. The van der Waals surface area contributed by atoms with E-state index < -0.39 is 4.92 Å². The Bertz CT molecular complexity index is 1560. The number of carbonyl (C=O) groups excluding carboxylic acids is 1. The Morgan fingerprint density at radius 2 is 1.97 bits per heavy atom. The van der Waals surface area contributed by atoms with Crippen LogP contribution in [0.1, 0.15) is 16.1 Å². The molecule has 0 aliphatic carbocycles. The molecule has 5 aromatic rings. The molecule has 164 valence electrons. The molecular weight excluding hydrogens is 462 g/mol. The second-order valence-corrected chi connectivity index (χ2v) is 9.15. The predicted molar refractivity (Wildman–Crippen MR) is 127 cm³/mol. The van der Waals surface area contributed by atoms with Gasteiger partial charge in [-0.2, -0.15) is 0 Å². The number of ketones is 1. The second kappa shape index (κ2) is 8.64.